The van der Waals surface area contributed by atoms with Gasteiger partial charge in [0, 0.05) is 38.3 Å². The topological polar surface area (TPSA) is 58.6 Å². The lowest BCUT2D eigenvalue weighted by Crippen LogP contribution is -2.51. The lowest BCUT2D eigenvalue weighted by Gasteiger charge is -2.37. The standard InChI is InChI=1S/C16H23ClN4O2/c1-3-12-14(17)18-11(2)19-15(12)20-6-8-21(9-7-20)16(22)13-5-4-10-23-13/h13H,3-10H2,1-2H3/t13-/m1/s1. The minimum atomic E-state index is -0.233. The van der Waals surface area contributed by atoms with Crippen LogP contribution < -0.4 is 4.90 Å². The molecule has 0 bridgehead atoms. The number of halogens is 1. The summed E-state index contributed by atoms with van der Waals surface area (Å²) in [6, 6.07) is 0. The van der Waals surface area contributed by atoms with Gasteiger partial charge in [0.1, 0.15) is 22.9 Å². The summed E-state index contributed by atoms with van der Waals surface area (Å²) >= 11 is 6.26. The maximum absolute atomic E-state index is 12.4. The van der Waals surface area contributed by atoms with E-state index in [0.717, 1.165) is 43.7 Å². The van der Waals surface area contributed by atoms with Crippen LogP contribution in [0, 0.1) is 6.92 Å². The van der Waals surface area contributed by atoms with Gasteiger partial charge >= 0.3 is 0 Å². The maximum Gasteiger partial charge on any atom is 0.251 e. The first kappa shape index (κ1) is 16.5. The van der Waals surface area contributed by atoms with Crippen molar-refractivity contribution in [2.24, 2.45) is 0 Å². The van der Waals surface area contributed by atoms with Crippen molar-refractivity contribution in [2.45, 2.75) is 39.2 Å². The maximum atomic E-state index is 12.4. The van der Waals surface area contributed by atoms with Crippen LogP contribution in [0.5, 0.6) is 0 Å². The molecule has 2 fully saturated rings. The third-order valence-corrected chi connectivity index (χ3v) is 4.81. The van der Waals surface area contributed by atoms with Crippen molar-refractivity contribution in [2.75, 3.05) is 37.7 Å². The van der Waals surface area contributed by atoms with Gasteiger partial charge in [0.2, 0.25) is 0 Å². The molecule has 1 aromatic rings. The Morgan fingerprint density at radius 2 is 2.04 bits per heavy atom. The van der Waals surface area contributed by atoms with Gasteiger partial charge < -0.3 is 14.5 Å². The van der Waals surface area contributed by atoms with E-state index in [4.69, 9.17) is 16.3 Å². The molecule has 126 valence electrons. The fourth-order valence-electron chi connectivity index (χ4n) is 3.23. The van der Waals surface area contributed by atoms with Crippen molar-refractivity contribution in [3.63, 3.8) is 0 Å². The Balaban J connectivity index is 1.68. The molecule has 23 heavy (non-hydrogen) atoms. The monoisotopic (exact) mass is 338 g/mol. The van der Waals surface area contributed by atoms with E-state index >= 15 is 0 Å². The quantitative estimate of drug-likeness (QED) is 0.787. The summed E-state index contributed by atoms with van der Waals surface area (Å²) in [5, 5.41) is 0.535. The van der Waals surface area contributed by atoms with Crippen LogP contribution in [0.2, 0.25) is 5.15 Å². The highest BCUT2D eigenvalue weighted by molar-refractivity contribution is 6.30. The van der Waals surface area contributed by atoms with Crippen LogP contribution >= 0.6 is 11.6 Å². The zero-order chi connectivity index (χ0) is 16.4. The smallest absolute Gasteiger partial charge is 0.251 e. The summed E-state index contributed by atoms with van der Waals surface area (Å²) in [6.07, 6.45) is 2.39. The Morgan fingerprint density at radius 3 is 2.65 bits per heavy atom. The van der Waals surface area contributed by atoms with Gasteiger partial charge in [-0.05, 0) is 26.2 Å². The Labute approximate surface area is 141 Å². The van der Waals surface area contributed by atoms with Crippen LogP contribution in [-0.2, 0) is 16.0 Å². The number of aryl methyl sites for hydroxylation is 1. The lowest BCUT2D eigenvalue weighted by molar-refractivity contribution is -0.141. The van der Waals surface area contributed by atoms with Crippen molar-refractivity contribution < 1.29 is 9.53 Å². The molecule has 0 aliphatic carbocycles. The number of carbonyl (C=O) groups is 1. The predicted molar refractivity (Wildman–Crippen MR) is 88.9 cm³/mol. The molecule has 6 nitrogen and oxygen atoms in total. The van der Waals surface area contributed by atoms with Gasteiger partial charge in [-0.2, -0.15) is 0 Å². The van der Waals surface area contributed by atoms with Crippen molar-refractivity contribution >= 4 is 23.3 Å². The number of carbonyl (C=O) groups excluding carboxylic acids is 1. The molecule has 3 rings (SSSR count). The summed E-state index contributed by atoms with van der Waals surface area (Å²) in [5.41, 5.74) is 0.983. The third kappa shape index (κ3) is 3.43. The van der Waals surface area contributed by atoms with Gasteiger partial charge in [-0.1, -0.05) is 18.5 Å². The second-order valence-electron chi connectivity index (χ2n) is 6.03. The number of rotatable bonds is 3. The fourth-order valence-corrected chi connectivity index (χ4v) is 3.57. The molecule has 1 amide bonds. The molecule has 1 aromatic heterocycles. The molecule has 0 saturated carbocycles. The number of ether oxygens (including phenoxy) is 1. The van der Waals surface area contributed by atoms with Crippen LogP contribution in [0.4, 0.5) is 5.82 Å². The van der Waals surface area contributed by atoms with Crippen LogP contribution in [0.3, 0.4) is 0 Å². The van der Waals surface area contributed by atoms with Crippen molar-refractivity contribution in [1.82, 2.24) is 14.9 Å². The van der Waals surface area contributed by atoms with Crippen LogP contribution in [-0.4, -0.2) is 59.7 Å². The number of nitrogens with zero attached hydrogens (tertiary/aromatic N) is 4. The molecule has 0 spiro atoms. The molecular formula is C16H23ClN4O2. The minimum Gasteiger partial charge on any atom is -0.368 e. The summed E-state index contributed by atoms with van der Waals surface area (Å²) in [5.74, 6) is 1.73. The molecule has 7 heteroatoms. The number of hydrogen-bond acceptors (Lipinski definition) is 5. The normalized spacial score (nSPS) is 21.8. The van der Waals surface area contributed by atoms with E-state index in [-0.39, 0.29) is 12.0 Å². The highest BCUT2D eigenvalue weighted by Gasteiger charge is 2.31. The van der Waals surface area contributed by atoms with Crippen molar-refractivity contribution in [1.29, 1.82) is 0 Å². The molecule has 0 aromatic carbocycles. The Morgan fingerprint density at radius 1 is 1.30 bits per heavy atom. The Kier molecular flexibility index (Phi) is 5.02. The molecule has 2 aliphatic heterocycles. The first-order valence-electron chi connectivity index (χ1n) is 8.28. The zero-order valence-electron chi connectivity index (χ0n) is 13.7. The molecule has 0 unspecified atom stereocenters. The molecule has 3 heterocycles. The van der Waals surface area contributed by atoms with Gasteiger partial charge in [0.05, 0.1) is 0 Å². The van der Waals surface area contributed by atoms with Gasteiger partial charge in [0.15, 0.2) is 0 Å². The SMILES string of the molecule is CCc1c(Cl)nc(C)nc1N1CCN(C(=O)[C@H]2CCCO2)CC1. The van der Waals surface area contributed by atoms with E-state index < -0.39 is 0 Å². The average Bonchev–Trinajstić information content (AvgIpc) is 3.08. The molecular weight excluding hydrogens is 316 g/mol. The molecule has 1 atom stereocenters. The summed E-state index contributed by atoms with van der Waals surface area (Å²) in [7, 11) is 0. The van der Waals surface area contributed by atoms with Crippen molar-refractivity contribution in [3.8, 4) is 0 Å². The van der Waals surface area contributed by atoms with Crippen molar-refractivity contribution in [3.05, 3.63) is 16.5 Å². The third-order valence-electron chi connectivity index (χ3n) is 4.50. The molecule has 0 radical (unpaired) electrons. The summed E-state index contributed by atoms with van der Waals surface area (Å²) in [6.45, 7) is 7.53. The number of amides is 1. The van der Waals surface area contributed by atoms with E-state index in [0.29, 0.717) is 30.7 Å². The lowest BCUT2D eigenvalue weighted by atomic mass is 10.2. The van der Waals surface area contributed by atoms with E-state index in [1.165, 1.54) is 0 Å². The zero-order valence-corrected chi connectivity index (χ0v) is 14.5. The Bertz CT molecular complexity index is 582. The molecule has 2 saturated heterocycles. The highest BCUT2D eigenvalue weighted by Crippen LogP contribution is 2.26. The van der Waals surface area contributed by atoms with E-state index in [2.05, 4.69) is 21.8 Å². The van der Waals surface area contributed by atoms with E-state index in [1.54, 1.807) is 0 Å². The minimum absolute atomic E-state index is 0.134. The van der Waals surface area contributed by atoms with E-state index in [1.807, 2.05) is 11.8 Å². The number of hydrogen-bond donors (Lipinski definition) is 0. The Hall–Kier alpha value is -1.40. The summed E-state index contributed by atoms with van der Waals surface area (Å²) in [4.78, 5) is 25.3. The largest absolute Gasteiger partial charge is 0.368 e. The number of aromatic nitrogens is 2. The first-order valence-corrected chi connectivity index (χ1v) is 8.66. The van der Waals surface area contributed by atoms with Gasteiger partial charge in [0.25, 0.3) is 5.91 Å². The van der Waals surface area contributed by atoms with Crippen LogP contribution in [0.1, 0.15) is 31.2 Å². The fraction of sp³-hybridized carbons (Fsp3) is 0.688. The summed E-state index contributed by atoms with van der Waals surface area (Å²) < 4.78 is 5.50. The van der Waals surface area contributed by atoms with Gasteiger partial charge in [-0.25, -0.2) is 9.97 Å². The number of anilines is 1. The van der Waals surface area contributed by atoms with Crippen LogP contribution in [0.15, 0.2) is 0 Å². The van der Waals surface area contributed by atoms with Gasteiger partial charge in [-0.15, -0.1) is 0 Å². The van der Waals surface area contributed by atoms with E-state index in [9.17, 15) is 4.79 Å². The first-order chi connectivity index (χ1) is 11.1. The molecule has 2 aliphatic rings. The molecule has 0 N–H and O–H groups in total. The average molecular weight is 339 g/mol. The second-order valence-corrected chi connectivity index (χ2v) is 6.39. The van der Waals surface area contributed by atoms with Crippen LogP contribution in [0.25, 0.3) is 0 Å². The predicted octanol–water partition coefficient (Wildman–Crippen LogP) is 1.83. The number of piperazine rings is 1. The second kappa shape index (κ2) is 7.01. The highest BCUT2D eigenvalue weighted by atomic mass is 35.5. The van der Waals surface area contributed by atoms with Gasteiger partial charge in [-0.3, -0.25) is 4.79 Å².